The number of benzene rings is 5. The summed E-state index contributed by atoms with van der Waals surface area (Å²) in [6.45, 7) is 32.7. The number of esters is 1. The second-order valence-corrected chi connectivity index (χ2v) is 34.8. The lowest BCUT2D eigenvalue weighted by Crippen LogP contribution is -2.61. The lowest BCUT2D eigenvalue weighted by molar-refractivity contribution is -0.158. The summed E-state index contributed by atoms with van der Waals surface area (Å²) in [4.78, 5) is 162. The van der Waals surface area contributed by atoms with Crippen LogP contribution in [0.3, 0.4) is 0 Å². The number of hydrogen-bond acceptors (Lipinski definition) is 17. The molecule has 2 saturated heterocycles. The number of amides is 9. The van der Waals surface area contributed by atoms with E-state index in [1.807, 2.05) is 78.9 Å². The summed E-state index contributed by atoms with van der Waals surface area (Å²) in [6, 6.07) is 21.5. The van der Waals surface area contributed by atoms with E-state index < -0.39 is 154 Å². The van der Waals surface area contributed by atoms with E-state index in [2.05, 4.69) is 43.5 Å². The Kier molecular flexibility index (Phi) is 28.1. The normalized spacial score (nSPS) is 17.9. The molecule has 0 radical (unpaired) electrons. The fraction of sp³-hybridized carbons (Fsp3) is 0.518. The second-order valence-electron chi connectivity index (χ2n) is 34.8. The van der Waals surface area contributed by atoms with E-state index in [9.17, 15) is 38.7 Å². The number of carbonyl (C=O) groups is 11. The third-order valence-corrected chi connectivity index (χ3v) is 19.9. The topological polar surface area (TPSA) is 349 Å². The molecule has 9 amide bonds. The molecule has 2 fully saturated rings. The van der Waals surface area contributed by atoms with Crippen molar-refractivity contribution in [2.24, 2.45) is 16.7 Å². The van der Waals surface area contributed by atoms with Crippen LogP contribution in [0.25, 0.3) is 21.5 Å². The molecule has 6 N–H and O–H groups in total. The molecule has 2 aliphatic rings. The van der Waals surface area contributed by atoms with Crippen LogP contribution in [0, 0.1) is 16.7 Å². The van der Waals surface area contributed by atoms with Crippen LogP contribution >= 0.6 is 0 Å². The fourth-order valence-corrected chi connectivity index (χ4v) is 13.5. The molecule has 3 heterocycles. The van der Waals surface area contributed by atoms with Gasteiger partial charge < -0.3 is 60.4 Å². The van der Waals surface area contributed by atoms with Crippen LogP contribution in [0.4, 0.5) is 9.59 Å². The first-order valence-corrected chi connectivity index (χ1v) is 38.4. The Balaban J connectivity index is 1.00. The third kappa shape index (κ3) is 24.1. The SMILES string of the molecule is C=CC[C@H]1C[C@@H](C(=O)N[C@@H](Cc2ccc3ccccc3c2)C(=O)N[C@@H](Cc2ccc(OCc3cn([C@@H]4C[C@@H](C(=O)N[C@@H](Cc5ccc6ccccc6c5)C(=O)O)N(C(=O)[C@@H](NC(=O)[C@H](C)N(C)C(=O)OC(C)(C)C)C(C)(C)C)C4)nn3)cc2)C(=O)OC(C)(C)C)N(C(=O)[C@@H](NC(=O)[C@H](C)N(C)C(=O)OC(C)(C)C)C(C)(C)C)C1. The van der Waals surface area contributed by atoms with Crippen molar-refractivity contribution in [2.45, 2.75) is 240 Å². The van der Waals surface area contributed by atoms with Crippen LogP contribution in [0.1, 0.15) is 165 Å². The molecule has 0 aliphatic carbocycles. The fourth-order valence-electron chi connectivity index (χ4n) is 13.5. The van der Waals surface area contributed by atoms with E-state index in [4.69, 9.17) is 18.9 Å². The van der Waals surface area contributed by atoms with E-state index in [0.717, 1.165) is 31.3 Å². The molecule has 113 heavy (non-hydrogen) atoms. The number of hydrogen-bond donors (Lipinski definition) is 6. The first-order chi connectivity index (χ1) is 52.7. The molecule has 0 bridgehead atoms. The minimum atomic E-state index is -1.41. The quantitative estimate of drug-likeness (QED) is 0.0151. The number of likely N-dealkylation sites (N-methyl/N-ethyl adjacent to an activating group) is 2. The molecular formula is C85H114N12O16. The summed E-state index contributed by atoms with van der Waals surface area (Å²) in [5.41, 5.74) is -2.32. The summed E-state index contributed by atoms with van der Waals surface area (Å²) in [5, 5.41) is 37.3. The Morgan fingerprint density at radius 1 is 0.531 bits per heavy atom. The maximum absolute atomic E-state index is 15.2. The molecule has 5 aromatic carbocycles. The van der Waals surface area contributed by atoms with Crippen molar-refractivity contribution in [2.75, 3.05) is 27.2 Å². The van der Waals surface area contributed by atoms with E-state index in [1.165, 1.54) is 42.4 Å². The van der Waals surface area contributed by atoms with E-state index in [-0.39, 0.29) is 57.7 Å². The number of rotatable bonds is 28. The van der Waals surface area contributed by atoms with E-state index in [1.54, 1.807) is 146 Å². The highest BCUT2D eigenvalue weighted by molar-refractivity contribution is 5.98. The lowest BCUT2D eigenvalue weighted by Gasteiger charge is -2.37. The molecule has 11 atom stereocenters. The zero-order chi connectivity index (χ0) is 83.6. The number of fused-ring (bicyclic) bond motifs is 2. The Hall–Kier alpha value is -10.9. The van der Waals surface area contributed by atoms with Crippen molar-refractivity contribution >= 4 is 87.0 Å². The van der Waals surface area contributed by atoms with Gasteiger partial charge in [-0.2, -0.15) is 0 Å². The zero-order valence-corrected chi connectivity index (χ0v) is 68.7. The standard InChI is InChI=1S/C85H114N12O16/c1-21-26-55-44-66(95(46-55)75(103)68(81(4,5)6)89-70(98)50(2)93(19)79(108)112-84(13,14)15)73(101)86-63(42-53-31-35-56-27-22-24-29-58(56)39-53)72(100)88-65(78(107)111-83(10,11)12)41-52-33-37-62(38-34-52)110-49-60-47-97(92-91-60)61-45-67(74(102)87-64(77(105)106)43-54-32-36-57-28-23-25-30-59(57)40-54)96(48-61)76(104)69(82(7,8)9)90-71(99)51(3)94(20)80(109)113-85(16,17)18/h21-25,27-40,47,50-51,55,61,63-69H,1,26,41-46,48-49H2,2-20H3,(H,86,101)(H,87,102)(H,88,100)(H,89,98)(H,90,99)(H,105,106)/t50-,51-,55-,61+,63-,64-,65-,66-,67-,68+,69+/m0/s1. The van der Waals surface area contributed by atoms with Crippen molar-refractivity contribution < 1.29 is 76.8 Å². The lowest BCUT2D eigenvalue weighted by atomic mass is 9.85. The van der Waals surface area contributed by atoms with Gasteiger partial charge in [-0.1, -0.05) is 150 Å². The summed E-state index contributed by atoms with van der Waals surface area (Å²) < 4.78 is 24.7. The molecule has 1 aromatic heterocycles. The monoisotopic (exact) mass is 1560 g/mol. The number of allylic oxidation sites excluding steroid dienone is 1. The predicted octanol–water partition coefficient (Wildman–Crippen LogP) is 9.58. The summed E-state index contributed by atoms with van der Waals surface area (Å²) in [5.74, 6) is -6.51. The highest BCUT2D eigenvalue weighted by Gasteiger charge is 2.49. The van der Waals surface area contributed by atoms with Crippen LogP contribution in [-0.4, -0.2) is 204 Å². The number of likely N-dealkylation sites (tertiary alicyclic amines) is 2. The smallest absolute Gasteiger partial charge is 0.410 e. The second kappa shape index (κ2) is 36.3. The number of ether oxygens (including phenoxy) is 4. The number of nitrogens with one attached hydrogen (secondary N) is 5. The molecule has 610 valence electrons. The molecule has 0 unspecified atom stereocenters. The van der Waals surface area contributed by atoms with Gasteiger partial charge in [0.25, 0.3) is 0 Å². The summed E-state index contributed by atoms with van der Waals surface area (Å²) in [6.07, 6.45) is 2.22. The molecular weight excluding hydrogens is 1450 g/mol. The van der Waals surface area contributed by atoms with Crippen molar-refractivity contribution in [3.63, 3.8) is 0 Å². The Morgan fingerprint density at radius 2 is 0.965 bits per heavy atom. The Bertz CT molecular complexity index is 4470. The van der Waals surface area contributed by atoms with Gasteiger partial charge in [0.2, 0.25) is 41.4 Å². The predicted molar refractivity (Wildman–Crippen MR) is 426 cm³/mol. The van der Waals surface area contributed by atoms with Crippen LogP contribution in [0.15, 0.2) is 128 Å². The molecule has 8 rings (SSSR count). The van der Waals surface area contributed by atoms with Gasteiger partial charge in [-0.15, -0.1) is 11.7 Å². The van der Waals surface area contributed by atoms with Gasteiger partial charge in [-0.05, 0) is 156 Å². The van der Waals surface area contributed by atoms with Crippen LogP contribution in [0.5, 0.6) is 5.75 Å². The maximum Gasteiger partial charge on any atom is 0.410 e. The first kappa shape index (κ1) is 87.6. The van der Waals surface area contributed by atoms with Crippen molar-refractivity contribution in [3.8, 4) is 5.75 Å². The number of aliphatic carboxylic acids is 1. The minimum absolute atomic E-state index is 0.0412. The summed E-state index contributed by atoms with van der Waals surface area (Å²) >= 11 is 0. The minimum Gasteiger partial charge on any atom is -0.487 e. The molecule has 0 spiro atoms. The average Bonchev–Trinajstić information content (AvgIpc) is 1.73. The molecule has 28 nitrogen and oxygen atoms in total. The van der Waals surface area contributed by atoms with Gasteiger partial charge in [-0.25, -0.2) is 23.9 Å². The third-order valence-electron chi connectivity index (χ3n) is 19.9. The number of carboxylic acids is 1. The molecule has 6 aromatic rings. The zero-order valence-electron chi connectivity index (χ0n) is 68.7. The number of carbonyl (C=O) groups excluding carboxylic acids is 10. The first-order valence-electron chi connectivity index (χ1n) is 38.4. The van der Waals surface area contributed by atoms with Crippen molar-refractivity contribution in [1.82, 2.24) is 61.2 Å². The van der Waals surface area contributed by atoms with Gasteiger partial charge in [0.1, 0.15) is 89.2 Å². The van der Waals surface area contributed by atoms with Crippen molar-refractivity contribution in [3.05, 3.63) is 150 Å². The molecule has 0 saturated carbocycles. The van der Waals surface area contributed by atoms with Gasteiger partial charge in [-0.3, -0.25) is 43.4 Å². The average molecular weight is 1560 g/mol. The van der Waals surface area contributed by atoms with Crippen LogP contribution < -0.4 is 31.3 Å². The van der Waals surface area contributed by atoms with Gasteiger partial charge >= 0.3 is 24.1 Å². The van der Waals surface area contributed by atoms with Gasteiger partial charge in [0.15, 0.2) is 0 Å². The highest BCUT2D eigenvalue weighted by atomic mass is 16.6. The van der Waals surface area contributed by atoms with Crippen molar-refractivity contribution in [1.29, 1.82) is 0 Å². The van der Waals surface area contributed by atoms with E-state index in [0.29, 0.717) is 34.6 Å². The maximum atomic E-state index is 15.2. The highest BCUT2D eigenvalue weighted by Crippen LogP contribution is 2.34. The van der Waals surface area contributed by atoms with E-state index >= 15 is 19.2 Å². The number of nitrogens with zero attached hydrogens (tertiary/aromatic N) is 7. The Labute approximate surface area is 662 Å². The van der Waals surface area contributed by atoms with Crippen LogP contribution in [-0.2, 0) is 83.2 Å². The van der Waals surface area contributed by atoms with Gasteiger partial charge in [0, 0.05) is 52.9 Å². The number of aromatic nitrogens is 3. The summed E-state index contributed by atoms with van der Waals surface area (Å²) in [7, 11) is 2.84. The molecule has 2 aliphatic heterocycles. The number of carboxylic acid groups (broad SMARTS) is 1. The Morgan fingerprint density at radius 3 is 1.42 bits per heavy atom. The molecule has 28 heteroatoms. The largest absolute Gasteiger partial charge is 0.487 e. The van der Waals surface area contributed by atoms with Crippen LogP contribution in [0.2, 0.25) is 0 Å². The van der Waals surface area contributed by atoms with Gasteiger partial charge in [0.05, 0.1) is 12.2 Å².